The third kappa shape index (κ3) is 10.3. The lowest BCUT2D eigenvalue weighted by Gasteiger charge is -2.27. The molecule has 460 valence electrons. The van der Waals surface area contributed by atoms with Crippen LogP contribution >= 0.6 is 0 Å². The lowest BCUT2D eigenvalue weighted by molar-refractivity contribution is 1.04. The van der Waals surface area contributed by atoms with Crippen LogP contribution in [-0.2, 0) is 0 Å². The van der Waals surface area contributed by atoms with Gasteiger partial charge in [-0.25, -0.2) is 4.98 Å². The van der Waals surface area contributed by atoms with Crippen molar-refractivity contribution in [3.63, 3.8) is 0 Å². The van der Waals surface area contributed by atoms with Crippen LogP contribution in [0.25, 0.3) is 133 Å². The van der Waals surface area contributed by atoms with E-state index in [2.05, 4.69) is 388 Å². The summed E-state index contributed by atoms with van der Waals surface area (Å²) < 4.78 is 4.59. The third-order valence-corrected chi connectivity index (χ3v) is 19.4. The van der Waals surface area contributed by atoms with Crippen LogP contribution < -0.4 is 9.80 Å². The molecule has 5 nitrogen and oxygen atoms in total. The molecule has 17 aromatic rings. The second-order valence-corrected chi connectivity index (χ2v) is 25.0. The molecule has 0 aliphatic heterocycles. The summed E-state index contributed by atoms with van der Waals surface area (Å²) in [6.45, 7) is 0. The van der Waals surface area contributed by atoms with E-state index in [0.717, 1.165) is 51.1 Å². The summed E-state index contributed by atoms with van der Waals surface area (Å²) in [7, 11) is 0. The first-order valence-electron chi connectivity index (χ1n) is 33.5. The molecule has 19 rings (SSSR count). The molecule has 3 heterocycles. The van der Waals surface area contributed by atoms with Crippen molar-refractivity contribution in [3.05, 3.63) is 383 Å². The van der Waals surface area contributed by atoms with E-state index < -0.39 is 0 Å². The molecule has 0 N–H and O–H groups in total. The molecule has 0 radical (unpaired) electrons. The first-order valence-corrected chi connectivity index (χ1v) is 33.5. The van der Waals surface area contributed by atoms with E-state index in [0.29, 0.717) is 0 Å². The van der Waals surface area contributed by atoms with Crippen molar-refractivity contribution in [3.8, 4) is 112 Å². The van der Waals surface area contributed by atoms with Gasteiger partial charge in [-0.15, -0.1) is 0 Å². The van der Waals surface area contributed by atoms with E-state index in [9.17, 15) is 0 Å². The highest BCUT2D eigenvalue weighted by molar-refractivity contribution is 6.16. The standard InChI is InChI=1S/C50H34N2.C43H29N3/c1-4-14-35(15-5-1)37-26-28-40(29-27-37)52(39-19-8-3-9-20-39)42-30-31-45-46-24-13-25-49-50(46)48(44-23-11-10-22-43(44)47(45)33-42)34-51(49)41-21-12-18-38(32-41)36-16-6-2-7-17-36;1-3-12-30(13-4-1)31-21-23-33(24-22-31)46(32-14-5-2-6-15-32)34-25-26-37-38-18-11-19-41-43(38)40(29-45(41)42-20-9-10-27-44-42)36-17-8-7-16-35(36)39(37)28-34/h1-34H;1-29H. The average Bonchev–Trinajstić information content (AvgIpc) is 1.57. The Kier molecular flexibility index (Phi) is 14.5. The van der Waals surface area contributed by atoms with E-state index in [-0.39, 0.29) is 0 Å². The molecule has 0 saturated carbocycles. The van der Waals surface area contributed by atoms with Gasteiger partial charge in [0.15, 0.2) is 0 Å². The molecule has 0 atom stereocenters. The smallest absolute Gasteiger partial charge is 0.137 e. The molecule has 0 spiro atoms. The van der Waals surface area contributed by atoms with Gasteiger partial charge in [0.2, 0.25) is 0 Å². The molecule has 14 aromatic carbocycles. The first-order chi connectivity index (χ1) is 48.6. The second-order valence-electron chi connectivity index (χ2n) is 25.0. The van der Waals surface area contributed by atoms with Gasteiger partial charge in [0.1, 0.15) is 5.82 Å². The number of hydrogen-bond donors (Lipinski definition) is 0. The molecule has 0 unspecified atom stereocenters. The van der Waals surface area contributed by atoms with Crippen LogP contribution in [0.2, 0.25) is 0 Å². The van der Waals surface area contributed by atoms with Crippen molar-refractivity contribution >= 4 is 55.9 Å². The maximum Gasteiger partial charge on any atom is 0.137 e. The van der Waals surface area contributed by atoms with Crippen LogP contribution in [0, 0.1) is 0 Å². The van der Waals surface area contributed by atoms with Gasteiger partial charge < -0.3 is 18.9 Å². The summed E-state index contributed by atoms with van der Waals surface area (Å²) >= 11 is 0. The van der Waals surface area contributed by atoms with Crippen LogP contribution in [0.4, 0.5) is 34.1 Å². The monoisotopic (exact) mass is 1250 g/mol. The van der Waals surface area contributed by atoms with Gasteiger partial charge in [-0.1, -0.05) is 255 Å². The fraction of sp³-hybridized carbons (Fsp3) is 0. The minimum Gasteiger partial charge on any atom is -0.316 e. The zero-order valence-electron chi connectivity index (χ0n) is 53.6. The van der Waals surface area contributed by atoms with E-state index in [4.69, 9.17) is 0 Å². The Morgan fingerprint density at radius 2 is 0.541 bits per heavy atom. The molecule has 0 saturated heterocycles. The van der Waals surface area contributed by atoms with Crippen molar-refractivity contribution in [1.29, 1.82) is 0 Å². The highest BCUT2D eigenvalue weighted by Gasteiger charge is 2.28. The summed E-state index contributed by atoms with van der Waals surface area (Å²) in [5.74, 6) is 0.918. The number of pyridine rings is 1. The molecule has 0 bridgehead atoms. The van der Waals surface area contributed by atoms with Crippen molar-refractivity contribution in [2.24, 2.45) is 0 Å². The predicted octanol–water partition coefficient (Wildman–Crippen LogP) is 25.2. The van der Waals surface area contributed by atoms with Gasteiger partial charge >= 0.3 is 0 Å². The lowest BCUT2D eigenvalue weighted by Crippen LogP contribution is -2.10. The van der Waals surface area contributed by atoms with E-state index >= 15 is 0 Å². The van der Waals surface area contributed by atoms with E-state index in [1.54, 1.807) is 0 Å². The largest absolute Gasteiger partial charge is 0.316 e. The van der Waals surface area contributed by atoms with Crippen LogP contribution in [-0.4, -0.2) is 14.1 Å². The number of anilines is 6. The Balaban J connectivity index is 0.000000143. The Hall–Kier alpha value is -13.1. The van der Waals surface area contributed by atoms with Gasteiger partial charge in [-0.05, 0) is 198 Å². The Morgan fingerprint density at radius 1 is 0.204 bits per heavy atom. The molecule has 0 amide bonds. The summed E-state index contributed by atoms with van der Waals surface area (Å²) in [5, 5.41) is 2.53. The predicted molar refractivity (Wildman–Crippen MR) is 410 cm³/mol. The van der Waals surface area contributed by atoms with Crippen molar-refractivity contribution < 1.29 is 0 Å². The number of aromatic nitrogens is 3. The van der Waals surface area contributed by atoms with Gasteiger partial charge in [-0.2, -0.15) is 0 Å². The van der Waals surface area contributed by atoms with Gasteiger partial charge in [0, 0.05) is 80.3 Å². The van der Waals surface area contributed by atoms with Crippen LogP contribution in [0.15, 0.2) is 383 Å². The maximum absolute atomic E-state index is 4.69. The van der Waals surface area contributed by atoms with Crippen molar-refractivity contribution in [1.82, 2.24) is 14.1 Å². The zero-order valence-corrected chi connectivity index (χ0v) is 53.6. The SMILES string of the molecule is c1ccc(-c2ccc(N(c3ccccc3)c3ccc4c(c3)-c3ccccc3-c3cn(-c5cccc(-c6ccccc6)c5)c5cccc-4c35)cc2)cc1.c1ccc(-c2ccc(N(c3ccccc3)c3ccc4c(c3)-c3ccccc3-c3cn(-c5ccccn5)c5cccc-4c35)cc2)cc1. The molecular formula is C93H63N5. The highest BCUT2D eigenvalue weighted by Crippen LogP contribution is 2.53. The normalized spacial score (nSPS) is 11.5. The summed E-state index contributed by atoms with van der Waals surface area (Å²) in [5.41, 5.74) is 32.3. The summed E-state index contributed by atoms with van der Waals surface area (Å²) in [6.07, 6.45) is 6.45. The minimum absolute atomic E-state index is 0.918. The van der Waals surface area contributed by atoms with E-state index in [1.165, 1.54) is 116 Å². The quantitative estimate of drug-likeness (QED) is 0.129. The van der Waals surface area contributed by atoms with Crippen molar-refractivity contribution in [2.45, 2.75) is 0 Å². The average molecular weight is 1250 g/mol. The fourth-order valence-electron chi connectivity index (χ4n) is 14.9. The number of hydrogen-bond acceptors (Lipinski definition) is 3. The van der Waals surface area contributed by atoms with E-state index in [1.807, 2.05) is 18.3 Å². The number of para-hydroxylation sites is 2. The molecule has 3 aromatic heterocycles. The molecule has 5 heteroatoms. The Bertz CT molecular complexity index is 5770. The molecule has 2 aliphatic rings. The molecule has 98 heavy (non-hydrogen) atoms. The minimum atomic E-state index is 0.918. The number of fused-ring (bicyclic) bond motifs is 10. The summed E-state index contributed by atoms with van der Waals surface area (Å²) in [4.78, 5) is 9.41. The van der Waals surface area contributed by atoms with Crippen molar-refractivity contribution in [2.75, 3.05) is 9.80 Å². The first kappa shape index (κ1) is 57.6. The number of benzene rings is 14. The summed E-state index contributed by atoms with van der Waals surface area (Å²) in [6, 6.07) is 131. The fourth-order valence-corrected chi connectivity index (χ4v) is 14.9. The van der Waals surface area contributed by atoms with Crippen LogP contribution in [0.3, 0.4) is 0 Å². The number of rotatable bonds is 11. The van der Waals surface area contributed by atoms with Crippen LogP contribution in [0.1, 0.15) is 0 Å². The topological polar surface area (TPSA) is 29.2 Å². The second kappa shape index (κ2) is 24.7. The third-order valence-electron chi connectivity index (χ3n) is 19.4. The molecular weight excluding hydrogens is 1190 g/mol. The van der Waals surface area contributed by atoms with Gasteiger partial charge in [0.05, 0.1) is 11.0 Å². The van der Waals surface area contributed by atoms with Crippen LogP contribution in [0.5, 0.6) is 0 Å². The highest BCUT2D eigenvalue weighted by atomic mass is 15.1. The van der Waals surface area contributed by atoms with Gasteiger partial charge in [0.25, 0.3) is 0 Å². The Labute approximate surface area is 570 Å². The zero-order chi connectivity index (χ0) is 64.9. The molecule has 0 fully saturated rings. The maximum atomic E-state index is 4.69. The lowest BCUT2D eigenvalue weighted by atomic mass is 9.93. The number of nitrogens with zero attached hydrogens (tertiary/aromatic N) is 5. The Morgan fingerprint density at radius 3 is 1.00 bits per heavy atom. The molecule has 2 aliphatic carbocycles. The van der Waals surface area contributed by atoms with Gasteiger partial charge in [-0.3, -0.25) is 0 Å².